The maximum Gasteiger partial charge on any atom is 0.315 e. The highest BCUT2D eigenvalue weighted by molar-refractivity contribution is 5.83. The second-order valence-corrected chi connectivity index (χ2v) is 3.07. The lowest BCUT2D eigenvalue weighted by atomic mass is 10.4. The van der Waals surface area contributed by atoms with Gasteiger partial charge in [0, 0.05) is 6.54 Å². The first-order valence-electron chi connectivity index (χ1n) is 5.03. The minimum atomic E-state index is -0.400. The average molecular weight is 225 g/mol. The number of furan rings is 1. The molecule has 0 bridgehead atoms. The van der Waals surface area contributed by atoms with Crippen LogP contribution in [0.3, 0.4) is 0 Å². The molecule has 1 aromatic rings. The molecule has 1 heterocycles. The van der Waals surface area contributed by atoms with Crippen LogP contribution >= 0.6 is 0 Å². The Bertz CT molecular complexity index is 335. The Morgan fingerprint density at radius 3 is 2.75 bits per heavy atom. The highest BCUT2D eigenvalue weighted by Gasteiger charge is 2.04. The van der Waals surface area contributed by atoms with Gasteiger partial charge in [0.1, 0.15) is 5.76 Å². The van der Waals surface area contributed by atoms with Crippen molar-refractivity contribution >= 4 is 11.9 Å². The van der Waals surface area contributed by atoms with Crippen LogP contribution in [0.4, 0.5) is 4.79 Å². The SMILES string of the molecule is CCNC(=O)CNC(=O)NCc1ccco1. The molecule has 0 fully saturated rings. The Balaban J connectivity index is 2.14. The van der Waals surface area contributed by atoms with E-state index in [1.54, 1.807) is 12.1 Å². The monoisotopic (exact) mass is 225 g/mol. The predicted octanol–water partition coefficient (Wildman–Crippen LogP) is 0.215. The van der Waals surface area contributed by atoms with E-state index in [1.807, 2.05) is 6.92 Å². The lowest BCUT2D eigenvalue weighted by molar-refractivity contribution is -0.119. The number of amides is 3. The first-order chi connectivity index (χ1) is 7.72. The highest BCUT2D eigenvalue weighted by Crippen LogP contribution is 1.97. The fourth-order valence-electron chi connectivity index (χ4n) is 1.06. The van der Waals surface area contributed by atoms with Crippen LogP contribution in [-0.4, -0.2) is 25.0 Å². The van der Waals surface area contributed by atoms with E-state index in [0.29, 0.717) is 18.8 Å². The topological polar surface area (TPSA) is 83.4 Å². The van der Waals surface area contributed by atoms with Crippen LogP contribution in [0, 0.1) is 0 Å². The van der Waals surface area contributed by atoms with E-state index in [1.165, 1.54) is 6.26 Å². The maximum absolute atomic E-state index is 11.2. The molecule has 0 aliphatic heterocycles. The minimum absolute atomic E-state index is 0.0299. The molecule has 0 unspecified atom stereocenters. The van der Waals surface area contributed by atoms with Crippen molar-refractivity contribution in [3.05, 3.63) is 24.2 Å². The van der Waals surface area contributed by atoms with Gasteiger partial charge in [-0.15, -0.1) is 0 Å². The van der Waals surface area contributed by atoms with Crippen molar-refractivity contribution in [2.45, 2.75) is 13.5 Å². The third kappa shape index (κ3) is 4.50. The van der Waals surface area contributed by atoms with Crippen molar-refractivity contribution < 1.29 is 14.0 Å². The quantitative estimate of drug-likeness (QED) is 0.670. The first-order valence-corrected chi connectivity index (χ1v) is 5.03. The molecule has 0 aliphatic carbocycles. The van der Waals surface area contributed by atoms with Crippen molar-refractivity contribution in [2.75, 3.05) is 13.1 Å². The molecule has 3 N–H and O–H groups in total. The molecular weight excluding hydrogens is 210 g/mol. The van der Waals surface area contributed by atoms with Gasteiger partial charge in [0.15, 0.2) is 0 Å². The number of nitrogens with one attached hydrogen (secondary N) is 3. The van der Waals surface area contributed by atoms with E-state index in [-0.39, 0.29) is 12.5 Å². The molecular formula is C10H15N3O3. The van der Waals surface area contributed by atoms with Gasteiger partial charge < -0.3 is 20.4 Å². The molecule has 0 aromatic carbocycles. The molecule has 0 saturated carbocycles. The van der Waals surface area contributed by atoms with E-state index in [4.69, 9.17) is 4.42 Å². The van der Waals surface area contributed by atoms with Gasteiger partial charge in [0.2, 0.25) is 5.91 Å². The molecule has 88 valence electrons. The van der Waals surface area contributed by atoms with Crippen molar-refractivity contribution in [2.24, 2.45) is 0 Å². The lowest BCUT2D eigenvalue weighted by Gasteiger charge is -2.06. The second-order valence-electron chi connectivity index (χ2n) is 3.07. The summed E-state index contributed by atoms with van der Waals surface area (Å²) in [5.41, 5.74) is 0. The molecule has 6 nitrogen and oxygen atoms in total. The van der Waals surface area contributed by atoms with Crippen LogP contribution in [0.15, 0.2) is 22.8 Å². The molecule has 1 rings (SSSR count). The van der Waals surface area contributed by atoms with E-state index in [9.17, 15) is 9.59 Å². The normalized spacial score (nSPS) is 9.56. The van der Waals surface area contributed by atoms with Crippen LogP contribution in [0.25, 0.3) is 0 Å². The summed E-state index contributed by atoms with van der Waals surface area (Å²) in [6.07, 6.45) is 1.53. The first kappa shape index (κ1) is 12.1. The van der Waals surface area contributed by atoms with Crippen molar-refractivity contribution in [1.82, 2.24) is 16.0 Å². The van der Waals surface area contributed by atoms with Gasteiger partial charge in [-0.05, 0) is 19.1 Å². The number of hydrogen-bond donors (Lipinski definition) is 3. The molecule has 16 heavy (non-hydrogen) atoms. The molecule has 0 aliphatic rings. The van der Waals surface area contributed by atoms with Gasteiger partial charge in [-0.1, -0.05) is 0 Å². The van der Waals surface area contributed by atoms with Gasteiger partial charge in [-0.3, -0.25) is 4.79 Å². The van der Waals surface area contributed by atoms with Crippen LogP contribution < -0.4 is 16.0 Å². The van der Waals surface area contributed by atoms with Crippen LogP contribution in [0.5, 0.6) is 0 Å². The summed E-state index contributed by atoms with van der Waals surface area (Å²) in [7, 11) is 0. The van der Waals surface area contributed by atoms with Crippen molar-refractivity contribution in [3.8, 4) is 0 Å². The van der Waals surface area contributed by atoms with Crippen LogP contribution in [-0.2, 0) is 11.3 Å². The zero-order valence-corrected chi connectivity index (χ0v) is 9.08. The Labute approximate surface area is 93.4 Å². The standard InChI is InChI=1S/C10H15N3O3/c1-2-11-9(14)7-13-10(15)12-6-8-4-3-5-16-8/h3-5H,2,6-7H2,1H3,(H,11,14)(H2,12,13,15). The van der Waals surface area contributed by atoms with Crippen molar-refractivity contribution in [1.29, 1.82) is 0 Å². The summed E-state index contributed by atoms with van der Waals surface area (Å²) in [6, 6.07) is 3.09. The zero-order valence-electron chi connectivity index (χ0n) is 9.08. The molecule has 3 amide bonds. The van der Waals surface area contributed by atoms with Gasteiger partial charge in [0.25, 0.3) is 0 Å². The summed E-state index contributed by atoms with van der Waals surface area (Å²) >= 11 is 0. The molecule has 0 radical (unpaired) electrons. The van der Waals surface area contributed by atoms with Gasteiger partial charge in [0.05, 0.1) is 19.4 Å². The fraction of sp³-hybridized carbons (Fsp3) is 0.400. The Kier molecular flexibility index (Phi) is 4.91. The van der Waals surface area contributed by atoms with E-state index in [0.717, 1.165) is 0 Å². The number of urea groups is 1. The van der Waals surface area contributed by atoms with E-state index in [2.05, 4.69) is 16.0 Å². The molecule has 0 saturated heterocycles. The predicted molar refractivity (Wildman–Crippen MR) is 57.6 cm³/mol. The third-order valence-electron chi connectivity index (χ3n) is 1.79. The highest BCUT2D eigenvalue weighted by atomic mass is 16.3. The molecule has 6 heteroatoms. The van der Waals surface area contributed by atoms with Crippen molar-refractivity contribution in [3.63, 3.8) is 0 Å². The average Bonchev–Trinajstić information content (AvgIpc) is 2.77. The smallest absolute Gasteiger partial charge is 0.315 e. The molecule has 0 spiro atoms. The van der Waals surface area contributed by atoms with Gasteiger partial charge in [-0.2, -0.15) is 0 Å². The Morgan fingerprint density at radius 1 is 1.31 bits per heavy atom. The molecule has 1 aromatic heterocycles. The fourth-order valence-corrected chi connectivity index (χ4v) is 1.06. The lowest BCUT2D eigenvalue weighted by Crippen LogP contribution is -2.41. The number of rotatable bonds is 5. The Hall–Kier alpha value is -1.98. The zero-order chi connectivity index (χ0) is 11.8. The maximum atomic E-state index is 11.2. The largest absolute Gasteiger partial charge is 0.467 e. The summed E-state index contributed by atoms with van der Waals surface area (Å²) in [6.45, 7) is 2.63. The Morgan fingerprint density at radius 2 is 2.12 bits per heavy atom. The molecule has 0 atom stereocenters. The summed E-state index contributed by atoms with van der Waals surface area (Å²) in [4.78, 5) is 22.2. The summed E-state index contributed by atoms with van der Waals surface area (Å²) in [5.74, 6) is 0.448. The van der Waals surface area contributed by atoms with Crippen LogP contribution in [0.1, 0.15) is 12.7 Å². The number of hydrogen-bond acceptors (Lipinski definition) is 3. The third-order valence-corrected chi connectivity index (χ3v) is 1.79. The number of likely N-dealkylation sites (N-methyl/N-ethyl adjacent to an activating group) is 1. The minimum Gasteiger partial charge on any atom is -0.467 e. The van der Waals surface area contributed by atoms with Crippen LogP contribution in [0.2, 0.25) is 0 Å². The van der Waals surface area contributed by atoms with Gasteiger partial charge >= 0.3 is 6.03 Å². The summed E-state index contributed by atoms with van der Waals surface area (Å²) < 4.78 is 5.03. The summed E-state index contributed by atoms with van der Waals surface area (Å²) in [5, 5.41) is 7.56. The number of carbonyl (C=O) groups excluding carboxylic acids is 2. The second kappa shape index (κ2) is 6.49. The van der Waals surface area contributed by atoms with Gasteiger partial charge in [-0.25, -0.2) is 4.79 Å². The number of carbonyl (C=O) groups is 2. The van der Waals surface area contributed by atoms with E-state index < -0.39 is 6.03 Å². The van der Waals surface area contributed by atoms with E-state index >= 15 is 0 Å².